The van der Waals surface area contributed by atoms with Gasteiger partial charge in [0, 0.05) is 57.7 Å². The Morgan fingerprint density at radius 1 is 1.29 bits per heavy atom. The number of nitrogens with one attached hydrogen (secondary N) is 2. The molecule has 1 aliphatic heterocycles. The first-order valence-electron chi connectivity index (χ1n) is 11.9. The zero-order chi connectivity index (χ0) is 25.4. The number of aryl methyl sites for hydroxylation is 2. The number of carbonyl (C=O) groups excluding carboxylic acids is 1. The van der Waals surface area contributed by atoms with Crippen molar-refractivity contribution < 1.29 is 19.4 Å². The number of anilines is 2. The Labute approximate surface area is 211 Å². The Kier molecular flexibility index (Phi) is 9.68. The second-order valence-corrected chi connectivity index (χ2v) is 9.29. The van der Waals surface area contributed by atoms with Crippen LogP contribution in [0.15, 0.2) is 18.3 Å². The Hall–Kier alpha value is -2.91. The summed E-state index contributed by atoms with van der Waals surface area (Å²) in [5, 5.41) is 15.7. The van der Waals surface area contributed by atoms with Crippen LogP contribution in [0.1, 0.15) is 52.9 Å². The van der Waals surface area contributed by atoms with Gasteiger partial charge in [-0.15, -0.1) is 0 Å². The second-order valence-electron chi connectivity index (χ2n) is 8.89. The van der Waals surface area contributed by atoms with Crippen LogP contribution in [0.3, 0.4) is 0 Å². The van der Waals surface area contributed by atoms with E-state index in [0.717, 1.165) is 50.2 Å². The van der Waals surface area contributed by atoms with E-state index < -0.39 is 17.9 Å². The summed E-state index contributed by atoms with van der Waals surface area (Å²) in [6.45, 7) is 3.45. The zero-order valence-corrected chi connectivity index (χ0v) is 21.3. The molecule has 2 aromatic heterocycles. The quantitative estimate of drug-likeness (QED) is 0.377. The number of hydrogen-bond donors (Lipinski definition) is 3. The predicted molar refractivity (Wildman–Crippen MR) is 137 cm³/mol. The van der Waals surface area contributed by atoms with Gasteiger partial charge in [0.1, 0.15) is 17.7 Å². The number of aliphatic carboxylic acids is 1. The van der Waals surface area contributed by atoms with Gasteiger partial charge in [-0.1, -0.05) is 17.7 Å². The summed E-state index contributed by atoms with van der Waals surface area (Å²) in [6, 6.07) is 3.16. The van der Waals surface area contributed by atoms with Gasteiger partial charge in [-0.25, -0.2) is 14.8 Å². The number of carboxylic acid groups (broad SMARTS) is 1. The Morgan fingerprint density at radius 2 is 2.09 bits per heavy atom. The van der Waals surface area contributed by atoms with Crippen LogP contribution >= 0.6 is 11.6 Å². The highest BCUT2D eigenvalue weighted by Gasteiger charge is 2.24. The summed E-state index contributed by atoms with van der Waals surface area (Å²) in [5.74, 6) is -0.0632. The number of amides is 1. The standard InChI is InChI=1S/C25H34ClN5O4/c1-16-21(19(26)15-28-23(16)31(2)3)24(32)30-20(25(33)34)11-14-35-13-5-4-8-18-10-9-17-7-6-12-27-22(17)29-18/h9-10,15,20H,4-8,11-14H2,1-3H3,(H,27,29)(H,30,32)(H,33,34)/t20-/m0/s1. The molecule has 0 radical (unpaired) electrons. The molecule has 1 amide bonds. The average Bonchev–Trinajstić information content (AvgIpc) is 2.82. The van der Waals surface area contributed by atoms with Crippen LogP contribution in [0.2, 0.25) is 5.02 Å². The summed E-state index contributed by atoms with van der Waals surface area (Å²) in [5.41, 5.74) is 3.16. The molecule has 0 aromatic carbocycles. The normalized spacial score (nSPS) is 13.5. The number of pyridine rings is 2. The lowest BCUT2D eigenvalue weighted by Gasteiger charge is -2.19. The molecule has 1 aliphatic rings. The van der Waals surface area contributed by atoms with E-state index in [2.05, 4.69) is 27.8 Å². The topological polar surface area (TPSA) is 117 Å². The van der Waals surface area contributed by atoms with Crippen LogP contribution in [0.25, 0.3) is 0 Å². The van der Waals surface area contributed by atoms with Gasteiger partial charge in [0.25, 0.3) is 5.91 Å². The van der Waals surface area contributed by atoms with Crippen LogP contribution in [-0.4, -0.2) is 66.8 Å². The summed E-state index contributed by atoms with van der Waals surface area (Å²) in [6.07, 6.45) is 6.41. The van der Waals surface area contributed by atoms with Gasteiger partial charge in [-0.05, 0) is 50.7 Å². The summed E-state index contributed by atoms with van der Waals surface area (Å²) >= 11 is 6.20. The highest BCUT2D eigenvalue weighted by Crippen LogP contribution is 2.25. The Balaban J connectivity index is 1.42. The number of fused-ring (bicyclic) bond motifs is 1. The fourth-order valence-electron chi connectivity index (χ4n) is 4.11. The molecule has 0 fully saturated rings. The average molecular weight is 504 g/mol. The number of aromatic nitrogens is 2. The van der Waals surface area contributed by atoms with Gasteiger partial charge < -0.3 is 25.4 Å². The molecule has 0 bridgehead atoms. The molecule has 0 spiro atoms. The second kappa shape index (κ2) is 12.7. The van der Waals surface area contributed by atoms with Crippen molar-refractivity contribution in [1.82, 2.24) is 15.3 Å². The molecule has 10 heteroatoms. The molecular formula is C25H34ClN5O4. The molecule has 35 heavy (non-hydrogen) atoms. The Bertz CT molecular complexity index is 1050. The third kappa shape index (κ3) is 7.29. The van der Waals surface area contributed by atoms with Crippen molar-refractivity contribution in [2.24, 2.45) is 0 Å². The van der Waals surface area contributed by atoms with Gasteiger partial charge >= 0.3 is 5.97 Å². The van der Waals surface area contributed by atoms with E-state index >= 15 is 0 Å². The smallest absolute Gasteiger partial charge is 0.326 e. The number of nitrogens with zero attached hydrogens (tertiary/aromatic N) is 3. The summed E-state index contributed by atoms with van der Waals surface area (Å²) in [7, 11) is 3.62. The van der Waals surface area contributed by atoms with Gasteiger partial charge in [0.2, 0.25) is 0 Å². The van der Waals surface area contributed by atoms with E-state index in [1.54, 1.807) is 11.8 Å². The number of rotatable bonds is 12. The zero-order valence-electron chi connectivity index (χ0n) is 20.6. The maximum Gasteiger partial charge on any atom is 0.326 e. The van der Waals surface area contributed by atoms with Crippen molar-refractivity contribution in [3.05, 3.63) is 45.7 Å². The van der Waals surface area contributed by atoms with Crippen molar-refractivity contribution in [2.75, 3.05) is 44.1 Å². The minimum atomic E-state index is -1.12. The predicted octanol–water partition coefficient (Wildman–Crippen LogP) is 3.48. The minimum Gasteiger partial charge on any atom is -0.480 e. The van der Waals surface area contributed by atoms with Gasteiger partial charge in [0.05, 0.1) is 10.6 Å². The molecule has 9 nitrogen and oxygen atoms in total. The van der Waals surface area contributed by atoms with Crippen molar-refractivity contribution in [2.45, 2.75) is 51.5 Å². The molecule has 3 rings (SSSR count). The highest BCUT2D eigenvalue weighted by molar-refractivity contribution is 6.34. The molecule has 0 saturated carbocycles. The first kappa shape index (κ1) is 26.7. The highest BCUT2D eigenvalue weighted by atomic mass is 35.5. The summed E-state index contributed by atoms with van der Waals surface area (Å²) in [4.78, 5) is 35.2. The number of hydrogen-bond acceptors (Lipinski definition) is 7. The molecule has 3 N–H and O–H groups in total. The van der Waals surface area contributed by atoms with E-state index in [0.29, 0.717) is 18.0 Å². The van der Waals surface area contributed by atoms with Crippen LogP contribution in [-0.2, 0) is 22.4 Å². The molecule has 2 aromatic rings. The molecule has 0 saturated heterocycles. The van der Waals surface area contributed by atoms with Gasteiger partial charge in [-0.3, -0.25) is 4.79 Å². The maximum atomic E-state index is 12.8. The van der Waals surface area contributed by atoms with E-state index in [-0.39, 0.29) is 23.6 Å². The third-order valence-electron chi connectivity index (χ3n) is 5.98. The number of halogens is 1. The van der Waals surface area contributed by atoms with Crippen molar-refractivity contribution in [3.8, 4) is 0 Å². The van der Waals surface area contributed by atoms with Crippen molar-refractivity contribution in [3.63, 3.8) is 0 Å². The van der Waals surface area contributed by atoms with E-state index in [9.17, 15) is 14.7 Å². The molecule has 0 aliphatic carbocycles. The molecule has 0 unspecified atom stereocenters. The van der Waals surface area contributed by atoms with Crippen molar-refractivity contribution >= 4 is 35.1 Å². The van der Waals surface area contributed by atoms with Crippen molar-refractivity contribution in [1.29, 1.82) is 0 Å². The lowest BCUT2D eigenvalue weighted by Crippen LogP contribution is -2.42. The van der Waals surface area contributed by atoms with Crippen LogP contribution in [0.5, 0.6) is 0 Å². The van der Waals surface area contributed by atoms with Gasteiger partial charge in [0.15, 0.2) is 0 Å². The molecule has 190 valence electrons. The van der Waals surface area contributed by atoms with Gasteiger partial charge in [-0.2, -0.15) is 0 Å². The first-order valence-corrected chi connectivity index (χ1v) is 12.3. The fraction of sp³-hybridized carbons (Fsp3) is 0.520. The fourth-order valence-corrected chi connectivity index (χ4v) is 4.39. The molecule has 1 atom stereocenters. The SMILES string of the molecule is Cc1c(N(C)C)ncc(Cl)c1C(=O)N[C@@H](CCOCCCCc1ccc2c(n1)NCCC2)C(=O)O. The lowest BCUT2D eigenvalue weighted by atomic mass is 10.1. The maximum absolute atomic E-state index is 12.8. The van der Waals surface area contributed by atoms with E-state index in [4.69, 9.17) is 21.3 Å². The van der Waals surface area contributed by atoms with Crippen LogP contribution in [0.4, 0.5) is 11.6 Å². The van der Waals surface area contributed by atoms with E-state index in [1.165, 1.54) is 11.8 Å². The minimum absolute atomic E-state index is 0.154. The Morgan fingerprint density at radius 3 is 2.83 bits per heavy atom. The molecular weight excluding hydrogens is 470 g/mol. The van der Waals surface area contributed by atoms with E-state index in [1.807, 2.05) is 14.1 Å². The van der Waals surface area contributed by atoms with Crippen LogP contribution in [0, 0.1) is 6.92 Å². The number of carboxylic acids is 1. The van der Waals surface area contributed by atoms with Crippen LogP contribution < -0.4 is 15.5 Å². The lowest BCUT2D eigenvalue weighted by molar-refractivity contribution is -0.139. The first-order chi connectivity index (χ1) is 16.8. The summed E-state index contributed by atoms with van der Waals surface area (Å²) < 4.78 is 5.64. The largest absolute Gasteiger partial charge is 0.480 e. The monoisotopic (exact) mass is 503 g/mol. The molecule has 3 heterocycles. The number of carbonyl (C=O) groups is 2. The third-order valence-corrected chi connectivity index (χ3v) is 6.26. The number of unbranched alkanes of at least 4 members (excludes halogenated alkanes) is 1. The number of ether oxygens (including phenoxy) is 1.